The van der Waals surface area contributed by atoms with Crippen LogP contribution in [-0.2, 0) is 0 Å². The van der Waals surface area contributed by atoms with Crippen molar-refractivity contribution in [1.29, 1.82) is 0 Å². The highest BCUT2D eigenvalue weighted by Gasteiger charge is 2.19. The van der Waals surface area contributed by atoms with Crippen molar-refractivity contribution in [2.24, 2.45) is 0 Å². The monoisotopic (exact) mass is 288 g/mol. The highest BCUT2D eigenvalue weighted by molar-refractivity contribution is 5.55. The maximum atomic E-state index is 11.1. The highest BCUT2D eigenvalue weighted by atomic mass is 16.6. The van der Waals surface area contributed by atoms with Gasteiger partial charge in [0.2, 0.25) is 5.75 Å². The second-order valence-corrected chi connectivity index (χ2v) is 4.88. The zero-order chi connectivity index (χ0) is 15.6. The van der Waals surface area contributed by atoms with Crippen molar-refractivity contribution < 1.29 is 14.8 Å². The molecule has 1 atom stereocenters. The lowest BCUT2D eigenvalue weighted by molar-refractivity contribution is -0.385. The van der Waals surface area contributed by atoms with Gasteiger partial charge in [-0.25, -0.2) is 0 Å². The number of nitrogens with zero attached hydrogens (tertiary/aromatic N) is 2. The third-order valence-electron chi connectivity index (χ3n) is 3.00. The van der Waals surface area contributed by atoms with E-state index in [0.29, 0.717) is 17.0 Å². The minimum Gasteiger partial charge on any atom is -0.448 e. The van der Waals surface area contributed by atoms with Gasteiger partial charge in [0.15, 0.2) is 0 Å². The molecule has 0 spiro atoms. The van der Waals surface area contributed by atoms with Crippen LogP contribution in [-0.4, -0.2) is 15.0 Å². The Morgan fingerprint density at radius 2 is 2.05 bits per heavy atom. The molecule has 0 bridgehead atoms. The van der Waals surface area contributed by atoms with Gasteiger partial charge < -0.3 is 9.84 Å². The fourth-order valence-electron chi connectivity index (χ4n) is 2.02. The van der Waals surface area contributed by atoms with E-state index < -0.39 is 11.0 Å². The number of aliphatic hydroxyl groups is 1. The van der Waals surface area contributed by atoms with Crippen LogP contribution >= 0.6 is 0 Å². The van der Waals surface area contributed by atoms with Crippen molar-refractivity contribution >= 4 is 5.69 Å². The highest BCUT2D eigenvalue weighted by Crippen LogP contribution is 2.35. The number of aromatic nitrogens is 1. The first-order valence-corrected chi connectivity index (χ1v) is 6.46. The van der Waals surface area contributed by atoms with Crippen molar-refractivity contribution in [3.63, 3.8) is 0 Å². The molecule has 2 aromatic rings. The molecule has 2 rings (SSSR count). The number of nitro benzene ring substituents is 1. The van der Waals surface area contributed by atoms with Crippen molar-refractivity contribution in [2.45, 2.75) is 26.9 Å². The number of hydrogen-bond donors (Lipinski definition) is 1. The predicted octanol–water partition coefficient (Wildman–Crippen LogP) is 3.45. The predicted molar refractivity (Wildman–Crippen MR) is 77.5 cm³/mol. The molecule has 1 heterocycles. The Bertz CT molecular complexity index is 666. The van der Waals surface area contributed by atoms with Crippen LogP contribution in [0.1, 0.15) is 29.8 Å². The number of nitro groups is 1. The smallest absolute Gasteiger partial charge is 0.312 e. The minimum atomic E-state index is -0.672. The van der Waals surface area contributed by atoms with Gasteiger partial charge in [-0.3, -0.25) is 15.1 Å². The second-order valence-electron chi connectivity index (χ2n) is 4.88. The van der Waals surface area contributed by atoms with Crippen LogP contribution in [0.4, 0.5) is 5.69 Å². The van der Waals surface area contributed by atoms with Gasteiger partial charge in [-0.2, -0.15) is 0 Å². The van der Waals surface area contributed by atoms with Gasteiger partial charge in [-0.15, -0.1) is 0 Å². The van der Waals surface area contributed by atoms with Gasteiger partial charge in [-0.1, -0.05) is 6.07 Å². The summed E-state index contributed by atoms with van der Waals surface area (Å²) in [6.45, 7) is 5.16. The molecule has 0 amide bonds. The summed E-state index contributed by atoms with van der Waals surface area (Å²) in [6.07, 6.45) is 0.764. The molecule has 0 unspecified atom stereocenters. The Hall–Kier alpha value is -2.47. The molecular formula is C15H16N2O4. The maximum Gasteiger partial charge on any atom is 0.312 e. The molecule has 0 saturated carbocycles. The van der Waals surface area contributed by atoms with E-state index in [1.807, 2.05) is 6.07 Å². The van der Waals surface area contributed by atoms with E-state index in [0.717, 1.165) is 5.56 Å². The van der Waals surface area contributed by atoms with E-state index in [-0.39, 0.29) is 11.4 Å². The van der Waals surface area contributed by atoms with Gasteiger partial charge in [0.05, 0.1) is 22.9 Å². The summed E-state index contributed by atoms with van der Waals surface area (Å²) in [6, 6.07) is 6.54. The van der Waals surface area contributed by atoms with Crippen molar-refractivity contribution in [3.8, 4) is 11.5 Å². The van der Waals surface area contributed by atoms with Crippen molar-refractivity contribution in [3.05, 3.63) is 57.4 Å². The lowest BCUT2D eigenvalue weighted by Gasteiger charge is -2.10. The van der Waals surface area contributed by atoms with Gasteiger partial charge in [-0.05, 0) is 44.0 Å². The lowest BCUT2D eigenvalue weighted by Crippen LogP contribution is -1.98. The van der Waals surface area contributed by atoms with Crippen molar-refractivity contribution in [1.82, 2.24) is 4.98 Å². The SMILES string of the molecule is Cc1cc(C)c(Oc2ccc([C@@H](C)O)nc2)c([N+](=O)[O-])c1. The number of aliphatic hydroxyl groups excluding tert-OH is 1. The first-order chi connectivity index (χ1) is 9.88. The van der Waals surface area contributed by atoms with Gasteiger partial charge in [0.25, 0.3) is 0 Å². The molecular weight excluding hydrogens is 272 g/mol. The lowest BCUT2D eigenvalue weighted by atomic mass is 10.1. The quantitative estimate of drug-likeness (QED) is 0.688. The Labute approximate surface area is 122 Å². The zero-order valence-corrected chi connectivity index (χ0v) is 12.0. The van der Waals surface area contributed by atoms with Crippen LogP contribution in [0, 0.1) is 24.0 Å². The molecule has 0 aliphatic carbocycles. The molecule has 0 saturated heterocycles. The van der Waals surface area contributed by atoms with Crippen LogP contribution in [0.3, 0.4) is 0 Å². The Kier molecular flexibility index (Phi) is 4.18. The minimum absolute atomic E-state index is 0.0768. The fraction of sp³-hybridized carbons (Fsp3) is 0.267. The molecule has 21 heavy (non-hydrogen) atoms. The summed E-state index contributed by atoms with van der Waals surface area (Å²) in [5.41, 5.74) is 1.92. The Morgan fingerprint density at radius 1 is 1.33 bits per heavy atom. The first-order valence-electron chi connectivity index (χ1n) is 6.46. The topological polar surface area (TPSA) is 85.5 Å². The summed E-state index contributed by atoms with van der Waals surface area (Å²) in [5, 5.41) is 20.5. The molecule has 1 N–H and O–H groups in total. The van der Waals surface area contributed by atoms with Gasteiger partial charge >= 0.3 is 5.69 Å². The summed E-state index contributed by atoms with van der Waals surface area (Å²) < 4.78 is 5.61. The molecule has 6 nitrogen and oxygen atoms in total. The second kappa shape index (κ2) is 5.88. The number of hydrogen-bond acceptors (Lipinski definition) is 5. The molecule has 6 heteroatoms. The number of ether oxygens (including phenoxy) is 1. The fourth-order valence-corrected chi connectivity index (χ4v) is 2.02. The average molecular weight is 288 g/mol. The van der Waals surface area contributed by atoms with Crippen LogP contribution < -0.4 is 4.74 Å². The van der Waals surface area contributed by atoms with Crippen LogP contribution in [0.15, 0.2) is 30.5 Å². The van der Waals surface area contributed by atoms with E-state index >= 15 is 0 Å². The number of rotatable bonds is 4. The van der Waals surface area contributed by atoms with E-state index in [1.54, 1.807) is 32.9 Å². The Morgan fingerprint density at radius 3 is 2.57 bits per heavy atom. The largest absolute Gasteiger partial charge is 0.448 e. The Balaban J connectivity index is 2.37. The first kappa shape index (κ1) is 14.9. The van der Waals surface area contributed by atoms with Crippen LogP contribution in [0.5, 0.6) is 11.5 Å². The van der Waals surface area contributed by atoms with Crippen LogP contribution in [0.2, 0.25) is 0 Å². The van der Waals surface area contributed by atoms with Crippen molar-refractivity contribution in [2.75, 3.05) is 0 Å². The standard InChI is InChI=1S/C15H16N2O4/c1-9-6-10(2)15(14(7-9)17(19)20)21-12-4-5-13(11(3)18)16-8-12/h4-8,11,18H,1-3H3/t11-/m1/s1. The molecule has 1 aromatic carbocycles. The third kappa shape index (κ3) is 3.35. The molecule has 0 aliphatic rings. The molecule has 0 radical (unpaired) electrons. The third-order valence-corrected chi connectivity index (χ3v) is 3.00. The summed E-state index contributed by atoms with van der Waals surface area (Å²) in [5.74, 6) is 0.589. The molecule has 110 valence electrons. The van der Waals surface area contributed by atoms with E-state index in [9.17, 15) is 15.2 Å². The average Bonchev–Trinajstić information content (AvgIpc) is 2.41. The molecule has 1 aromatic heterocycles. The van der Waals surface area contributed by atoms with E-state index in [4.69, 9.17) is 4.74 Å². The summed E-state index contributed by atoms with van der Waals surface area (Å²) in [7, 11) is 0. The maximum absolute atomic E-state index is 11.1. The van der Waals surface area contributed by atoms with Gasteiger partial charge in [0, 0.05) is 6.07 Å². The zero-order valence-electron chi connectivity index (χ0n) is 12.0. The summed E-state index contributed by atoms with van der Waals surface area (Å²) >= 11 is 0. The molecule has 0 aliphatic heterocycles. The van der Waals surface area contributed by atoms with Crippen LogP contribution in [0.25, 0.3) is 0 Å². The number of pyridine rings is 1. The normalized spacial score (nSPS) is 12.0. The number of benzene rings is 1. The van der Waals surface area contributed by atoms with Gasteiger partial charge in [0.1, 0.15) is 5.75 Å². The molecule has 0 fully saturated rings. The number of aryl methyl sites for hydroxylation is 2. The summed E-state index contributed by atoms with van der Waals surface area (Å²) in [4.78, 5) is 14.7. The van der Waals surface area contributed by atoms with E-state index in [2.05, 4.69) is 4.98 Å². The van der Waals surface area contributed by atoms with E-state index in [1.165, 1.54) is 12.3 Å².